The number of carbonyl (C=O) groups is 3. The molecule has 1 atom stereocenters. The van der Waals surface area contributed by atoms with Gasteiger partial charge in [-0.2, -0.15) is 0 Å². The second-order valence-corrected chi connectivity index (χ2v) is 11.1. The lowest BCUT2D eigenvalue weighted by molar-refractivity contribution is -0.142. The Morgan fingerprint density at radius 3 is 2.82 bits per heavy atom. The van der Waals surface area contributed by atoms with Crippen LogP contribution in [0.15, 0.2) is 28.3 Å². The highest BCUT2D eigenvalue weighted by Gasteiger charge is 2.32. The third-order valence-electron chi connectivity index (χ3n) is 5.66. The van der Waals surface area contributed by atoms with Crippen LogP contribution in [0.2, 0.25) is 0 Å². The molecule has 1 N–H and O–H groups in total. The third-order valence-corrected chi connectivity index (χ3v) is 7.98. The standard InChI is InChI=1S/C22H25N3O7S2/c1-3-31-22(28)18-14-7-6-13(2)11-16(14)33-20(18)23-17(26)12-32-21(27)15-5-4-8-25-9-10-34(29,30)24-19(15)25/h4-5,8,13H,3,6-7,9-12H2,1-2H3,(H,23,26)/t13-/m0/s1. The summed E-state index contributed by atoms with van der Waals surface area (Å²) in [4.78, 5) is 40.4. The van der Waals surface area contributed by atoms with Crippen molar-refractivity contribution >= 4 is 50.0 Å². The molecular weight excluding hydrogens is 482 g/mol. The molecule has 4 rings (SSSR count). The Morgan fingerprint density at radius 2 is 2.06 bits per heavy atom. The summed E-state index contributed by atoms with van der Waals surface area (Å²) in [6.45, 7) is 3.63. The lowest BCUT2D eigenvalue weighted by Gasteiger charge is -2.28. The number of rotatable bonds is 6. The number of hydrogen-bond acceptors (Lipinski definition) is 9. The van der Waals surface area contributed by atoms with E-state index in [0.717, 1.165) is 29.7 Å². The number of carbonyl (C=O) groups excluding carboxylic acids is 3. The van der Waals surface area contributed by atoms with Crippen LogP contribution in [0.3, 0.4) is 0 Å². The van der Waals surface area contributed by atoms with E-state index in [1.54, 1.807) is 24.1 Å². The van der Waals surface area contributed by atoms with Crippen molar-refractivity contribution < 1.29 is 32.3 Å². The first-order valence-electron chi connectivity index (χ1n) is 10.9. The number of amidine groups is 1. The van der Waals surface area contributed by atoms with Gasteiger partial charge in [0.2, 0.25) is 0 Å². The minimum atomic E-state index is -3.67. The van der Waals surface area contributed by atoms with Gasteiger partial charge in [-0.05, 0) is 49.8 Å². The SMILES string of the molecule is CCOC(=O)c1c(NC(=O)COC(=O)C2=CC=CN3CCS(=O)(=O)N=C23)sc2c1CC[C@H](C)C2. The van der Waals surface area contributed by atoms with Crippen molar-refractivity contribution in [3.63, 3.8) is 0 Å². The molecule has 1 aromatic heterocycles. The number of sulfonamides is 1. The van der Waals surface area contributed by atoms with Crippen LogP contribution >= 0.6 is 11.3 Å². The number of anilines is 1. The number of esters is 2. The van der Waals surface area contributed by atoms with E-state index in [2.05, 4.69) is 16.6 Å². The van der Waals surface area contributed by atoms with E-state index in [1.165, 1.54) is 17.4 Å². The first-order chi connectivity index (χ1) is 16.2. The van der Waals surface area contributed by atoms with Gasteiger partial charge in [-0.15, -0.1) is 15.7 Å². The number of thiophene rings is 1. The van der Waals surface area contributed by atoms with Crippen molar-refractivity contribution in [1.82, 2.24) is 4.90 Å². The van der Waals surface area contributed by atoms with Crippen LogP contribution in [-0.2, 0) is 41.9 Å². The summed E-state index contributed by atoms with van der Waals surface area (Å²) in [6.07, 6.45) is 7.09. The number of amides is 1. The monoisotopic (exact) mass is 507 g/mol. The summed E-state index contributed by atoms with van der Waals surface area (Å²) in [5.41, 5.74) is 1.22. The van der Waals surface area contributed by atoms with Crippen LogP contribution in [0, 0.1) is 5.92 Å². The van der Waals surface area contributed by atoms with Crippen molar-refractivity contribution in [2.24, 2.45) is 10.3 Å². The molecule has 0 bridgehead atoms. The molecule has 3 heterocycles. The minimum absolute atomic E-state index is 0.0243. The average Bonchev–Trinajstić information content (AvgIpc) is 3.13. The zero-order chi connectivity index (χ0) is 24.5. The topological polar surface area (TPSA) is 131 Å². The minimum Gasteiger partial charge on any atom is -0.462 e. The summed E-state index contributed by atoms with van der Waals surface area (Å²) in [5, 5.41) is 3.06. The van der Waals surface area contributed by atoms with Crippen LogP contribution in [0.5, 0.6) is 0 Å². The fourth-order valence-electron chi connectivity index (χ4n) is 4.01. The molecule has 0 spiro atoms. The van der Waals surface area contributed by atoms with Gasteiger partial charge in [0.1, 0.15) is 10.6 Å². The molecule has 1 amide bonds. The predicted octanol–water partition coefficient (Wildman–Crippen LogP) is 2.03. The zero-order valence-electron chi connectivity index (χ0n) is 18.8. The van der Waals surface area contributed by atoms with Gasteiger partial charge in [0.25, 0.3) is 15.9 Å². The quantitative estimate of drug-likeness (QED) is 0.579. The van der Waals surface area contributed by atoms with E-state index in [9.17, 15) is 22.8 Å². The van der Waals surface area contributed by atoms with Crippen LogP contribution in [-0.4, -0.2) is 62.5 Å². The Balaban J connectivity index is 1.46. The van der Waals surface area contributed by atoms with E-state index in [0.29, 0.717) is 16.5 Å². The number of nitrogens with zero attached hydrogens (tertiary/aromatic N) is 2. The fraction of sp³-hybridized carbons (Fsp3) is 0.455. The van der Waals surface area contributed by atoms with Crippen molar-refractivity contribution in [3.8, 4) is 0 Å². The third kappa shape index (κ3) is 5.07. The van der Waals surface area contributed by atoms with Gasteiger partial charge in [-0.25, -0.2) is 18.0 Å². The maximum absolute atomic E-state index is 12.6. The second kappa shape index (κ2) is 9.71. The Hall–Kier alpha value is -2.99. The molecule has 0 radical (unpaired) electrons. The summed E-state index contributed by atoms with van der Waals surface area (Å²) in [5.74, 6) is -1.67. The van der Waals surface area contributed by atoms with Crippen molar-refractivity contribution in [3.05, 3.63) is 39.9 Å². The average molecular weight is 508 g/mol. The Bertz CT molecular complexity index is 1230. The van der Waals surface area contributed by atoms with Gasteiger partial charge in [-0.3, -0.25) is 4.79 Å². The first-order valence-corrected chi connectivity index (χ1v) is 13.4. The van der Waals surface area contributed by atoms with Crippen molar-refractivity contribution in [1.29, 1.82) is 0 Å². The number of hydrogen-bond donors (Lipinski definition) is 1. The molecule has 0 unspecified atom stereocenters. The molecule has 0 fully saturated rings. The highest BCUT2D eigenvalue weighted by molar-refractivity contribution is 7.90. The summed E-state index contributed by atoms with van der Waals surface area (Å²) in [6, 6.07) is 0. The molecule has 182 valence electrons. The van der Waals surface area contributed by atoms with E-state index in [-0.39, 0.29) is 30.3 Å². The molecule has 1 aromatic rings. The molecule has 34 heavy (non-hydrogen) atoms. The van der Waals surface area contributed by atoms with Gasteiger partial charge >= 0.3 is 11.9 Å². The van der Waals surface area contributed by atoms with Gasteiger partial charge < -0.3 is 19.7 Å². The lowest BCUT2D eigenvalue weighted by Crippen LogP contribution is -2.40. The van der Waals surface area contributed by atoms with Crippen LogP contribution in [0.4, 0.5) is 5.00 Å². The Labute approximate surface area is 201 Å². The van der Waals surface area contributed by atoms with Crippen LogP contribution < -0.4 is 5.32 Å². The van der Waals surface area contributed by atoms with E-state index in [4.69, 9.17) is 9.47 Å². The highest BCUT2D eigenvalue weighted by Crippen LogP contribution is 2.40. The van der Waals surface area contributed by atoms with Gasteiger partial charge in [-0.1, -0.05) is 6.92 Å². The maximum atomic E-state index is 12.6. The fourth-order valence-corrected chi connectivity index (χ4v) is 6.41. The molecular formula is C22H25N3O7S2. The number of nitrogens with one attached hydrogen (secondary N) is 1. The Morgan fingerprint density at radius 1 is 1.26 bits per heavy atom. The normalized spacial score (nSPS) is 20.4. The second-order valence-electron chi connectivity index (χ2n) is 8.22. The van der Waals surface area contributed by atoms with Gasteiger partial charge in [0.15, 0.2) is 12.4 Å². The molecule has 12 heteroatoms. The van der Waals surface area contributed by atoms with E-state index in [1.807, 2.05) is 0 Å². The number of ether oxygens (including phenoxy) is 2. The highest BCUT2D eigenvalue weighted by atomic mass is 32.2. The molecule has 2 aliphatic heterocycles. The summed E-state index contributed by atoms with van der Waals surface area (Å²) < 4.78 is 37.7. The largest absolute Gasteiger partial charge is 0.462 e. The smallest absolute Gasteiger partial charge is 0.342 e. The van der Waals surface area contributed by atoms with Gasteiger partial charge in [0, 0.05) is 17.6 Å². The van der Waals surface area contributed by atoms with Crippen molar-refractivity contribution in [2.45, 2.75) is 33.1 Å². The first kappa shape index (κ1) is 24.1. The van der Waals surface area contributed by atoms with Crippen LogP contribution in [0.25, 0.3) is 0 Å². The van der Waals surface area contributed by atoms with Crippen LogP contribution in [0.1, 0.15) is 41.1 Å². The van der Waals surface area contributed by atoms with E-state index < -0.39 is 34.5 Å². The zero-order valence-corrected chi connectivity index (χ0v) is 20.5. The maximum Gasteiger partial charge on any atom is 0.342 e. The van der Waals surface area contributed by atoms with E-state index >= 15 is 0 Å². The number of allylic oxidation sites excluding steroid dienone is 2. The number of fused-ring (bicyclic) bond motifs is 2. The summed E-state index contributed by atoms with van der Waals surface area (Å²) in [7, 11) is -3.67. The molecule has 0 saturated heterocycles. The molecule has 3 aliphatic rings. The Kier molecular flexibility index (Phi) is 6.89. The summed E-state index contributed by atoms with van der Waals surface area (Å²) >= 11 is 1.34. The lowest BCUT2D eigenvalue weighted by atomic mass is 9.88. The van der Waals surface area contributed by atoms with Crippen molar-refractivity contribution in [2.75, 3.05) is 30.8 Å². The van der Waals surface area contributed by atoms with Gasteiger partial charge in [0.05, 0.1) is 17.9 Å². The molecule has 1 aliphatic carbocycles. The predicted molar refractivity (Wildman–Crippen MR) is 126 cm³/mol. The molecule has 0 saturated carbocycles. The molecule has 10 nitrogen and oxygen atoms in total. The molecule has 0 aromatic carbocycles.